The lowest BCUT2D eigenvalue weighted by Crippen LogP contribution is -2.65. The van der Waals surface area contributed by atoms with E-state index in [-0.39, 0.29) is 18.1 Å². The molecule has 0 aromatic heterocycles. The molecule has 4 nitrogen and oxygen atoms in total. The van der Waals surface area contributed by atoms with Crippen LogP contribution in [0.4, 0.5) is 13.2 Å². The van der Waals surface area contributed by atoms with E-state index in [9.17, 15) is 18.0 Å². The van der Waals surface area contributed by atoms with Crippen LogP contribution in [-0.4, -0.2) is 57.9 Å². The van der Waals surface area contributed by atoms with Gasteiger partial charge in [-0.2, -0.15) is 13.2 Å². The zero-order valence-electron chi connectivity index (χ0n) is 26.0. The van der Waals surface area contributed by atoms with Crippen LogP contribution in [0.1, 0.15) is 96.1 Å². The SMILES string of the molecule is CC(C)[C@H]1CC[C@H](C)CC1OC(=O)CCC[C@@H]1[C@H]2CCCN3CCC[C@@H](CN1C(=S)SCc1ccc(C(F)(F)F)cc1)[C@@H]23. The van der Waals surface area contributed by atoms with E-state index in [0.29, 0.717) is 47.8 Å². The van der Waals surface area contributed by atoms with E-state index in [1.165, 1.54) is 45.2 Å². The first-order valence-corrected chi connectivity index (χ1v) is 17.9. The molecule has 3 aliphatic heterocycles. The van der Waals surface area contributed by atoms with Crippen molar-refractivity contribution in [2.45, 2.75) is 115 Å². The Morgan fingerprint density at radius 3 is 2.51 bits per heavy atom. The number of likely N-dealkylation sites (tertiary alicyclic amines) is 1. The minimum absolute atomic E-state index is 0.0338. The molecule has 4 fully saturated rings. The van der Waals surface area contributed by atoms with Crippen LogP contribution in [-0.2, 0) is 21.5 Å². The zero-order valence-corrected chi connectivity index (χ0v) is 27.6. The fourth-order valence-electron chi connectivity index (χ4n) is 8.53. The topological polar surface area (TPSA) is 32.8 Å². The van der Waals surface area contributed by atoms with Gasteiger partial charge in [-0.1, -0.05) is 63.3 Å². The Labute approximate surface area is 265 Å². The predicted octanol–water partition coefficient (Wildman–Crippen LogP) is 8.57. The molecule has 7 atom stereocenters. The van der Waals surface area contributed by atoms with Gasteiger partial charge in [-0.15, -0.1) is 0 Å². The molecule has 1 aromatic carbocycles. The standard InChI is InChI=1S/C34H49F3N2O2S2/c1-22(2)27-16-11-23(3)19-30(27)41-31(40)10-4-9-29-28-8-6-18-38-17-5-7-25(32(28)38)20-39(29)33(42)43-21-24-12-14-26(15-13-24)34(35,36)37/h12-15,22-23,25,27-30,32H,4-11,16-21H2,1-3H3/t23-,25-,27+,28+,29+,30?,32-/m0/s1. The number of esters is 1. The molecule has 0 N–H and O–H groups in total. The molecule has 4 aliphatic rings. The van der Waals surface area contributed by atoms with Crippen molar-refractivity contribution in [1.82, 2.24) is 9.80 Å². The van der Waals surface area contributed by atoms with Gasteiger partial charge in [0.1, 0.15) is 10.4 Å². The highest BCUT2D eigenvalue weighted by Gasteiger charge is 2.49. The molecule has 0 spiro atoms. The fraction of sp³-hybridized carbons (Fsp3) is 0.765. The van der Waals surface area contributed by atoms with Crippen LogP contribution in [0.3, 0.4) is 0 Å². The summed E-state index contributed by atoms with van der Waals surface area (Å²) >= 11 is 7.60. The maximum absolute atomic E-state index is 13.1. The quantitative estimate of drug-likeness (QED) is 0.210. The number of benzene rings is 1. The van der Waals surface area contributed by atoms with Crippen LogP contribution in [0, 0.1) is 29.6 Å². The van der Waals surface area contributed by atoms with Gasteiger partial charge < -0.3 is 9.64 Å². The third-order valence-corrected chi connectivity index (χ3v) is 12.2. The van der Waals surface area contributed by atoms with E-state index in [0.717, 1.165) is 54.2 Å². The van der Waals surface area contributed by atoms with Gasteiger partial charge in [0.2, 0.25) is 0 Å². The number of piperidine rings is 3. The van der Waals surface area contributed by atoms with Crippen molar-refractivity contribution in [3.63, 3.8) is 0 Å². The van der Waals surface area contributed by atoms with E-state index >= 15 is 0 Å². The van der Waals surface area contributed by atoms with E-state index in [4.69, 9.17) is 17.0 Å². The lowest BCUT2D eigenvalue weighted by atomic mass is 9.69. The van der Waals surface area contributed by atoms with Gasteiger partial charge in [-0.25, -0.2) is 0 Å². The van der Waals surface area contributed by atoms with Gasteiger partial charge in [-0.05, 0) is 112 Å². The highest BCUT2D eigenvalue weighted by molar-refractivity contribution is 8.22. The molecule has 3 saturated heterocycles. The smallest absolute Gasteiger partial charge is 0.416 e. The Morgan fingerprint density at radius 1 is 1.09 bits per heavy atom. The molecular formula is C34H49F3N2O2S2. The van der Waals surface area contributed by atoms with Crippen molar-refractivity contribution in [1.29, 1.82) is 0 Å². The Bertz CT molecular complexity index is 1100. The van der Waals surface area contributed by atoms with Gasteiger partial charge in [0.15, 0.2) is 0 Å². The molecule has 43 heavy (non-hydrogen) atoms. The van der Waals surface area contributed by atoms with Gasteiger partial charge in [0, 0.05) is 30.8 Å². The summed E-state index contributed by atoms with van der Waals surface area (Å²) in [6, 6.07) is 6.30. The first-order chi connectivity index (χ1) is 20.5. The van der Waals surface area contributed by atoms with E-state index in [2.05, 4.69) is 30.6 Å². The average molecular weight is 639 g/mol. The monoisotopic (exact) mass is 638 g/mol. The van der Waals surface area contributed by atoms with Crippen LogP contribution in [0.25, 0.3) is 0 Å². The minimum atomic E-state index is -4.33. The maximum Gasteiger partial charge on any atom is 0.416 e. The van der Waals surface area contributed by atoms with Crippen LogP contribution >= 0.6 is 24.0 Å². The van der Waals surface area contributed by atoms with Gasteiger partial charge in [0.05, 0.1) is 5.56 Å². The minimum Gasteiger partial charge on any atom is -0.462 e. The molecule has 1 aromatic rings. The van der Waals surface area contributed by atoms with Crippen molar-refractivity contribution in [2.24, 2.45) is 29.6 Å². The average Bonchev–Trinajstić information content (AvgIpc) is 2.96. The molecular weight excluding hydrogens is 590 g/mol. The fourth-order valence-corrected chi connectivity index (χ4v) is 9.77. The Morgan fingerprint density at radius 2 is 1.81 bits per heavy atom. The maximum atomic E-state index is 13.1. The van der Waals surface area contributed by atoms with Gasteiger partial charge in [0.25, 0.3) is 0 Å². The van der Waals surface area contributed by atoms with Crippen LogP contribution in [0.5, 0.6) is 0 Å². The molecule has 9 heteroatoms. The Kier molecular flexibility index (Phi) is 11.1. The summed E-state index contributed by atoms with van der Waals surface area (Å²) in [6.45, 7) is 10.0. The number of carbonyl (C=O) groups is 1. The van der Waals surface area contributed by atoms with Crippen molar-refractivity contribution >= 4 is 34.3 Å². The Hall–Kier alpha value is -1.32. The van der Waals surface area contributed by atoms with Crippen LogP contribution in [0.2, 0.25) is 0 Å². The van der Waals surface area contributed by atoms with Gasteiger partial charge >= 0.3 is 12.1 Å². The second kappa shape index (κ2) is 14.4. The summed E-state index contributed by atoms with van der Waals surface area (Å²) in [5.74, 6) is 3.16. The molecule has 3 heterocycles. The zero-order chi connectivity index (χ0) is 30.7. The van der Waals surface area contributed by atoms with Gasteiger partial charge in [-0.3, -0.25) is 9.69 Å². The lowest BCUT2D eigenvalue weighted by molar-refractivity contribution is -0.156. The third kappa shape index (κ3) is 8.10. The summed E-state index contributed by atoms with van der Waals surface area (Å²) in [4.78, 5) is 18.2. The highest BCUT2D eigenvalue weighted by Crippen LogP contribution is 2.44. The molecule has 1 unspecified atom stereocenters. The first kappa shape index (κ1) is 33.1. The summed E-state index contributed by atoms with van der Waals surface area (Å²) < 4.78 is 46.0. The second-order valence-corrected chi connectivity index (χ2v) is 15.6. The number of halogens is 3. The van der Waals surface area contributed by atoms with Crippen molar-refractivity contribution in [2.75, 3.05) is 19.6 Å². The molecule has 0 radical (unpaired) electrons. The van der Waals surface area contributed by atoms with E-state index in [1.54, 1.807) is 23.9 Å². The summed E-state index contributed by atoms with van der Waals surface area (Å²) in [5.41, 5.74) is 0.217. The van der Waals surface area contributed by atoms with Crippen LogP contribution in [0.15, 0.2) is 24.3 Å². The normalized spacial score (nSPS) is 31.5. The number of thiocarbonyl (C=S) groups is 1. The number of hydrogen-bond donors (Lipinski definition) is 0. The van der Waals surface area contributed by atoms with E-state index in [1.807, 2.05) is 0 Å². The third-order valence-electron chi connectivity index (χ3n) is 10.7. The first-order valence-electron chi connectivity index (χ1n) is 16.5. The predicted molar refractivity (Wildman–Crippen MR) is 172 cm³/mol. The lowest BCUT2D eigenvalue weighted by Gasteiger charge is -2.58. The van der Waals surface area contributed by atoms with Crippen LogP contribution < -0.4 is 0 Å². The number of thioether (sulfide) groups is 1. The second-order valence-electron chi connectivity index (χ2n) is 14.0. The number of carbonyl (C=O) groups excluding carboxylic acids is 1. The molecule has 1 aliphatic carbocycles. The number of alkyl halides is 3. The summed E-state index contributed by atoms with van der Waals surface area (Å²) in [5, 5.41) is 0. The van der Waals surface area contributed by atoms with E-state index < -0.39 is 11.7 Å². The number of rotatable bonds is 8. The summed E-state index contributed by atoms with van der Waals surface area (Å²) in [7, 11) is 0. The molecule has 1 saturated carbocycles. The molecule has 240 valence electrons. The number of ether oxygens (including phenoxy) is 1. The molecule has 5 rings (SSSR count). The summed E-state index contributed by atoms with van der Waals surface area (Å²) in [6.07, 6.45) is 5.98. The largest absolute Gasteiger partial charge is 0.462 e. The van der Waals surface area contributed by atoms with Crippen molar-refractivity contribution in [3.05, 3.63) is 35.4 Å². The molecule has 0 amide bonds. The van der Waals surface area contributed by atoms with Crippen molar-refractivity contribution in [3.8, 4) is 0 Å². The number of nitrogens with zero attached hydrogens (tertiary/aromatic N) is 2. The highest BCUT2D eigenvalue weighted by atomic mass is 32.2. The Balaban J connectivity index is 1.22. The molecule has 0 bridgehead atoms. The number of hydrogen-bond acceptors (Lipinski definition) is 5. The van der Waals surface area contributed by atoms with Crippen molar-refractivity contribution < 1.29 is 22.7 Å².